The van der Waals surface area contributed by atoms with Crippen molar-refractivity contribution in [2.45, 2.75) is 39.2 Å². The normalized spacial score (nSPS) is 17.5. The first kappa shape index (κ1) is 27.1. The summed E-state index contributed by atoms with van der Waals surface area (Å²) in [5.41, 5.74) is 8.79. The Morgan fingerprint density at radius 1 is 1.08 bits per heavy atom. The molecule has 0 radical (unpaired) electrons. The molecule has 7 nitrogen and oxygen atoms in total. The molecular formula is C30H32N4O3S2. The fourth-order valence-corrected chi connectivity index (χ4v) is 6.78. The van der Waals surface area contributed by atoms with Crippen molar-refractivity contribution >= 4 is 62.8 Å². The molecule has 39 heavy (non-hydrogen) atoms. The Morgan fingerprint density at radius 3 is 2.46 bits per heavy atom. The van der Waals surface area contributed by atoms with Crippen LogP contribution in [0.1, 0.15) is 37.3 Å². The summed E-state index contributed by atoms with van der Waals surface area (Å²) in [5, 5.41) is 0.945. The Morgan fingerprint density at radius 2 is 1.77 bits per heavy atom. The standard InChI is InChI=1S/C30H32N4O3S2/c1-2-33-24-13-7-6-12-22(24)26(32-17-14-21(15-18-32)27(31)35)23(28(33)36)19-25-29(37)34(30(38)39-25)16-8-11-20-9-4-3-5-10-20/h3-7,9-10,12-13,19,21H,2,8,11,14-18H2,1H3,(H2,31,35). The molecule has 5 rings (SSSR count). The van der Waals surface area contributed by atoms with Gasteiger partial charge in [0.25, 0.3) is 11.5 Å². The monoisotopic (exact) mass is 560 g/mol. The lowest BCUT2D eigenvalue weighted by atomic mass is 9.94. The van der Waals surface area contributed by atoms with Gasteiger partial charge in [0.15, 0.2) is 0 Å². The van der Waals surface area contributed by atoms with Gasteiger partial charge in [-0.2, -0.15) is 0 Å². The van der Waals surface area contributed by atoms with Crippen molar-refractivity contribution in [3.63, 3.8) is 0 Å². The van der Waals surface area contributed by atoms with Crippen LogP contribution >= 0.6 is 24.0 Å². The average Bonchev–Trinajstić information content (AvgIpc) is 3.21. The van der Waals surface area contributed by atoms with Gasteiger partial charge in [0.1, 0.15) is 4.32 Å². The number of benzene rings is 2. The first-order chi connectivity index (χ1) is 18.9. The minimum absolute atomic E-state index is 0.141. The Kier molecular flexibility index (Phi) is 8.18. The Balaban J connectivity index is 1.50. The van der Waals surface area contributed by atoms with E-state index in [1.165, 1.54) is 17.3 Å². The van der Waals surface area contributed by atoms with E-state index in [0.29, 0.717) is 53.8 Å². The number of nitrogens with zero attached hydrogens (tertiary/aromatic N) is 3. The summed E-state index contributed by atoms with van der Waals surface area (Å²) in [6.45, 7) is 4.19. The fraction of sp³-hybridized carbons (Fsp3) is 0.333. The van der Waals surface area contributed by atoms with Crippen LogP contribution in [0.2, 0.25) is 0 Å². The van der Waals surface area contributed by atoms with Crippen molar-refractivity contribution < 1.29 is 9.59 Å². The molecule has 0 spiro atoms. The number of thioether (sulfide) groups is 1. The summed E-state index contributed by atoms with van der Waals surface area (Å²) in [5.74, 6) is -0.608. The van der Waals surface area contributed by atoms with Gasteiger partial charge in [-0.25, -0.2) is 0 Å². The number of nitrogens with two attached hydrogens (primary N) is 1. The third-order valence-corrected chi connectivity index (χ3v) is 8.93. The SMILES string of the molecule is CCn1c(=O)c(C=C2SC(=S)N(CCCc3ccccc3)C2=O)c(N2CCC(C(N)=O)CC2)c2ccccc21. The number of carbonyl (C=O) groups is 2. The highest BCUT2D eigenvalue weighted by molar-refractivity contribution is 8.26. The minimum atomic E-state index is -0.280. The number of piperidine rings is 1. The van der Waals surface area contributed by atoms with Crippen LogP contribution in [0.15, 0.2) is 64.3 Å². The first-order valence-electron chi connectivity index (χ1n) is 13.4. The second kappa shape index (κ2) is 11.8. The van der Waals surface area contributed by atoms with Crippen LogP contribution < -0.4 is 16.2 Å². The van der Waals surface area contributed by atoms with Gasteiger partial charge in [0.05, 0.1) is 21.7 Å². The summed E-state index contributed by atoms with van der Waals surface area (Å²) < 4.78 is 2.27. The predicted molar refractivity (Wildman–Crippen MR) is 163 cm³/mol. The number of rotatable bonds is 8. The predicted octanol–water partition coefficient (Wildman–Crippen LogP) is 4.56. The van der Waals surface area contributed by atoms with Gasteiger partial charge in [0.2, 0.25) is 5.91 Å². The summed E-state index contributed by atoms with van der Waals surface area (Å²) in [6.07, 6.45) is 4.64. The lowest BCUT2D eigenvalue weighted by Gasteiger charge is -2.34. The molecule has 2 fully saturated rings. The zero-order valence-corrected chi connectivity index (χ0v) is 23.6. The number of aryl methyl sites for hydroxylation is 2. The van der Waals surface area contributed by atoms with Gasteiger partial charge in [-0.15, -0.1) is 0 Å². The Bertz CT molecular complexity index is 1510. The second-order valence-corrected chi connectivity index (χ2v) is 11.6. The van der Waals surface area contributed by atoms with E-state index in [4.69, 9.17) is 18.0 Å². The Labute approximate surface area is 237 Å². The van der Waals surface area contributed by atoms with Gasteiger partial charge in [-0.1, -0.05) is 72.5 Å². The smallest absolute Gasteiger partial charge is 0.266 e. The number of fused-ring (bicyclic) bond motifs is 1. The molecule has 2 aliphatic heterocycles. The average molecular weight is 561 g/mol. The van der Waals surface area contributed by atoms with E-state index < -0.39 is 0 Å². The maximum atomic E-state index is 13.9. The van der Waals surface area contributed by atoms with Crippen molar-refractivity contribution in [3.8, 4) is 0 Å². The molecule has 2 aliphatic rings. The maximum Gasteiger partial charge on any atom is 0.266 e. The number of pyridine rings is 1. The lowest BCUT2D eigenvalue weighted by Crippen LogP contribution is -2.40. The van der Waals surface area contributed by atoms with Crippen LogP contribution in [0.25, 0.3) is 17.0 Å². The number of primary amides is 1. The molecule has 2 N–H and O–H groups in total. The van der Waals surface area contributed by atoms with Crippen LogP contribution in [0, 0.1) is 5.92 Å². The molecule has 3 aromatic rings. The topological polar surface area (TPSA) is 88.6 Å². The first-order valence-corrected chi connectivity index (χ1v) is 14.6. The maximum absolute atomic E-state index is 13.9. The van der Waals surface area contributed by atoms with E-state index in [9.17, 15) is 14.4 Å². The molecule has 202 valence electrons. The second-order valence-electron chi connectivity index (χ2n) is 9.92. The quantitative estimate of drug-likeness (QED) is 0.321. The van der Waals surface area contributed by atoms with Gasteiger partial charge in [-0.3, -0.25) is 19.3 Å². The number of amides is 2. The van der Waals surface area contributed by atoms with E-state index in [1.807, 2.05) is 49.4 Å². The number of anilines is 1. The molecule has 0 saturated carbocycles. The molecule has 2 aromatic carbocycles. The Hall–Kier alpha value is -3.43. The van der Waals surface area contributed by atoms with E-state index in [0.717, 1.165) is 29.4 Å². The van der Waals surface area contributed by atoms with Gasteiger partial charge in [0, 0.05) is 37.5 Å². The number of hydrogen-bond acceptors (Lipinski definition) is 6. The molecule has 3 heterocycles. The lowest BCUT2D eigenvalue weighted by molar-refractivity contribution is -0.123. The highest BCUT2D eigenvalue weighted by atomic mass is 32.2. The summed E-state index contributed by atoms with van der Waals surface area (Å²) >= 11 is 6.84. The molecule has 9 heteroatoms. The number of aromatic nitrogens is 1. The van der Waals surface area contributed by atoms with Crippen molar-refractivity contribution in [2.24, 2.45) is 11.7 Å². The largest absolute Gasteiger partial charge is 0.370 e. The van der Waals surface area contributed by atoms with Gasteiger partial charge >= 0.3 is 0 Å². The summed E-state index contributed by atoms with van der Waals surface area (Å²) in [4.78, 5) is 43.4. The third-order valence-electron chi connectivity index (χ3n) is 7.55. The number of carbonyl (C=O) groups excluding carboxylic acids is 2. The number of para-hydroxylation sites is 1. The number of hydrogen-bond donors (Lipinski definition) is 1. The van der Waals surface area contributed by atoms with Crippen molar-refractivity contribution in [1.29, 1.82) is 0 Å². The third kappa shape index (κ3) is 5.51. The highest BCUT2D eigenvalue weighted by Crippen LogP contribution is 2.37. The van der Waals surface area contributed by atoms with Gasteiger partial charge < -0.3 is 15.2 Å². The molecule has 0 atom stereocenters. The summed E-state index contributed by atoms with van der Waals surface area (Å²) in [7, 11) is 0. The van der Waals surface area contributed by atoms with Crippen LogP contribution in [-0.2, 0) is 22.6 Å². The van der Waals surface area contributed by atoms with E-state index in [2.05, 4.69) is 17.0 Å². The van der Waals surface area contributed by atoms with E-state index in [1.54, 1.807) is 15.5 Å². The fourth-order valence-electron chi connectivity index (χ4n) is 5.49. The molecule has 0 aliphatic carbocycles. The van der Waals surface area contributed by atoms with Crippen molar-refractivity contribution in [2.75, 3.05) is 24.5 Å². The highest BCUT2D eigenvalue weighted by Gasteiger charge is 2.33. The van der Waals surface area contributed by atoms with Crippen LogP contribution in [-0.4, -0.2) is 45.2 Å². The van der Waals surface area contributed by atoms with Crippen LogP contribution in [0.5, 0.6) is 0 Å². The zero-order chi connectivity index (χ0) is 27.5. The van der Waals surface area contributed by atoms with Crippen LogP contribution in [0.3, 0.4) is 0 Å². The zero-order valence-electron chi connectivity index (χ0n) is 22.0. The molecule has 1 aromatic heterocycles. The van der Waals surface area contributed by atoms with E-state index in [-0.39, 0.29) is 23.3 Å². The molecule has 2 amide bonds. The van der Waals surface area contributed by atoms with Crippen molar-refractivity contribution in [3.05, 3.63) is 81.0 Å². The summed E-state index contributed by atoms with van der Waals surface area (Å²) in [6, 6.07) is 18.0. The molecule has 2 saturated heterocycles. The molecule has 0 bridgehead atoms. The van der Waals surface area contributed by atoms with Gasteiger partial charge in [-0.05, 0) is 50.3 Å². The van der Waals surface area contributed by atoms with Crippen LogP contribution in [0.4, 0.5) is 5.69 Å². The molecular weight excluding hydrogens is 528 g/mol. The number of thiocarbonyl (C=S) groups is 1. The van der Waals surface area contributed by atoms with Crippen molar-refractivity contribution in [1.82, 2.24) is 9.47 Å². The van der Waals surface area contributed by atoms with E-state index >= 15 is 0 Å². The molecule has 0 unspecified atom stereocenters. The minimum Gasteiger partial charge on any atom is -0.370 e.